The first kappa shape index (κ1) is 18.5. The molecule has 0 amide bonds. The van der Waals surface area contributed by atoms with Crippen molar-refractivity contribution in [1.82, 2.24) is 0 Å². The largest absolute Gasteiger partial charge is 0.478 e. The number of aromatic carboxylic acids is 1. The highest BCUT2D eigenvalue weighted by atomic mass is 32.2. The van der Waals surface area contributed by atoms with Crippen molar-refractivity contribution in [3.63, 3.8) is 0 Å². The van der Waals surface area contributed by atoms with Crippen molar-refractivity contribution in [3.05, 3.63) is 59.7 Å². The van der Waals surface area contributed by atoms with Gasteiger partial charge in [-0.15, -0.1) is 0 Å². The first-order valence-electron chi connectivity index (χ1n) is 7.35. The molecule has 0 bridgehead atoms. The topological polar surface area (TPSA) is 101 Å². The molecule has 0 saturated heterocycles. The first-order valence-corrected chi connectivity index (χ1v) is 8.79. The maximum absolute atomic E-state index is 12.9. The Morgan fingerprint density at radius 2 is 1.72 bits per heavy atom. The minimum absolute atomic E-state index is 0.113. The highest BCUT2D eigenvalue weighted by molar-refractivity contribution is 7.92. The molecule has 2 aromatic carbocycles. The predicted octanol–water partition coefficient (Wildman–Crippen LogP) is 2.39. The number of carbonyl (C=O) groups is 2. The van der Waals surface area contributed by atoms with Gasteiger partial charge in [0.15, 0.2) is 0 Å². The third kappa shape index (κ3) is 3.80. The SMILES string of the molecule is CCN(c1ccc(C(=O)OC)cc1)S(=O)(=O)c1cccc(C(=O)O)c1. The molecule has 1 N–H and O–H groups in total. The smallest absolute Gasteiger partial charge is 0.337 e. The fourth-order valence-corrected chi connectivity index (χ4v) is 3.81. The van der Waals surface area contributed by atoms with Gasteiger partial charge >= 0.3 is 11.9 Å². The maximum Gasteiger partial charge on any atom is 0.337 e. The number of hydrogen-bond acceptors (Lipinski definition) is 5. The van der Waals surface area contributed by atoms with E-state index in [1.54, 1.807) is 6.92 Å². The number of sulfonamides is 1. The summed E-state index contributed by atoms with van der Waals surface area (Å²) in [4.78, 5) is 22.4. The third-order valence-corrected chi connectivity index (χ3v) is 5.43. The summed E-state index contributed by atoms with van der Waals surface area (Å²) in [5, 5.41) is 9.04. The fraction of sp³-hybridized carbons (Fsp3) is 0.176. The van der Waals surface area contributed by atoms with Crippen LogP contribution in [0.1, 0.15) is 27.6 Å². The molecule has 0 fully saturated rings. The van der Waals surface area contributed by atoms with Gasteiger partial charge in [0.1, 0.15) is 0 Å². The Morgan fingerprint density at radius 1 is 1.08 bits per heavy atom. The van der Waals surface area contributed by atoms with Gasteiger partial charge in [-0.2, -0.15) is 0 Å². The van der Waals surface area contributed by atoms with Crippen molar-refractivity contribution < 1.29 is 27.9 Å². The van der Waals surface area contributed by atoms with E-state index in [2.05, 4.69) is 4.74 Å². The Kier molecular flexibility index (Phi) is 5.43. The standard InChI is InChI=1S/C17H17NO6S/c1-3-18(14-9-7-12(8-10-14)17(21)24-2)25(22,23)15-6-4-5-13(11-15)16(19)20/h4-11H,3H2,1-2H3,(H,19,20). The number of carbonyl (C=O) groups excluding carboxylic acids is 1. The van der Waals surface area contributed by atoms with Crippen LogP contribution in [0, 0.1) is 0 Å². The summed E-state index contributed by atoms with van der Waals surface area (Å²) in [7, 11) is -2.69. The summed E-state index contributed by atoms with van der Waals surface area (Å²) in [6, 6.07) is 11.1. The molecule has 0 atom stereocenters. The van der Waals surface area contributed by atoms with E-state index in [1.165, 1.54) is 49.6 Å². The van der Waals surface area contributed by atoms with Gasteiger partial charge in [-0.3, -0.25) is 4.31 Å². The molecule has 0 aliphatic rings. The average molecular weight is 363 g/mol. The van der Waals surface area contributed by atoms with Crippen LogP contribution in [-0.2, 0) is 14.8 Å². The van der Waals surface area contributed by atoms with E-state index in [-0.39, 0.29) is 17.0 Å². The third-order valence-electron chi connectivity index (χ3n) is 3.53. The molecular weight excluding hydrogens is 346 g/mol. The van der Waals surface area contributed by atoms with Gasteiger partial charge in [-0.05, 0) is 49.4 Å². The fourth-order valence-electron chi connectivity index (χ4n) is 2.29. The van der Waals surface area contributed by atoms with E-state index < -0.39 is 22.0 Å². The Bertz CT molecular complexity index is 890. The van der Waals surface area contributed by atoms with Gasteiger partial charge in [-0.1, -0.05) is 6.07 Å². The Labute approximate surface area is 145 Å². The highest BCUT2D eigenvalue weighted by Crippen LogP contribution is 2.24. The minimum atomic E-state index is -3.95. The van der Waals surface area contributed by atoms with E-state index in [0.29, 0.717) is 11.3 Å². The zero-order valence-corrected chi connectivity index (χ0v) is 14.5. The summed E-state index contributed by atoms with van der Waals surface area (Å²) in [5.41, 5.74) is 0.543. The van der Waals surface area contributed by atoms with Crippen molar-refractivity contribution in [2.24, 2.45) is 0 Å². The summed E-state index contributed by atoms with van der Waals surface area (Å²) in [5.74, 6) is -1.73. The van der Waals surface area contributed by atoms with Crippen molar-refractivity contribution >= 4 is 27.6 Å². The molecule has 0 heterocycles. The minimum Gasteiger partial charge on any atom is -0.478 e. The van der Waals surface area contributed by atoms with Gasteiger partial charge < -0.3 is 9.84 Å². The van der Waals surface area contributed by atoms with Crippen LogP contribution in [0.5, 0.6) is 0 Å². The predicted molar refractivity (Wildman–Crippen MR) is 91.4 cm³/mol. The van der Waals surface area contributed by atoms with E-state index >= 15 is 0 Å². The molecule has 0 aliphatic heterocycles. The van der Waals surface area contributed by atoms with Gasteiger partial charge in [0.25, 0.3) is 10.0 Å². The number of esters is 1. The number of benzene rings is 2. The molecule has 0 spiro atoms. The van der Waals surface area contributed by atoms with Crippen LogP contribution in [0.2, 0.25) is 0 Å². The van der Waals surface area contributed by atoms with E-state index in [1.807, 2.05) is 0 Å². The Balaban J connectivity index is 2.43. The summed E-state index contributed by atoms with van der Waals surface area (Å²) >= 11 is 0. The van der Waals surface area contributed by atoms with Crippen LogP contribution >= 0.6 is 0 Å². The second kappa shape index (κ2) is 7.35. The zero-order valence-electron chi connectivity index (χ0n) is 13.7. The van der Waals surface area contributed by atoms with Crippen molar-refractivity contribution in [2.45, 2.75) is 11.8 Å². The molecule has 0 radical (unpaired) electrons. The number of carboxylic acid groups (broad SMARTS) is 1. The number of nitrogens with zero attached hydrogens (tertiary/aromatic N) is 1. The molecule has 25 heavy (non-hydrogen) atoms. The molecule has 0 aromatic heterocycles. The lowest BCUT2D eigenvalue weighted by atomic mass is 10.2. The second-order valence-corrected chi connectivity index (χ2v) is 6.90. The number of methoxy groups -OCH3 is 1. The van der Waals surface area contributed by atoms with Gasteiger partial charge in [0.2, 0.25) is 0 Å². The molecule has 2 rings (SSSR count). The zero-order chi connectivity index (χ0) is 18.6. The number of anilines is 1. The van der Waals surface area contributed by atoms with Crippen molar-refractivity contribution in [2.75, 3.05) is 18.0 Å². The number of carboxylic acids is 1. The average Bonchev–Trinajstić information content (AvgIpc) is 2.62. The maximum atomic E-state index is 12.9. The van der Waals surface area contributed by atoms with Crippen LogP contribution in [0.15, 0.2) is 53.4 Å². The van der Waals surface area contributed by atoms with Gasteiger partial charge in [-0.25, -0.2) is 18.0 Å². The van der Waals surface area contributed by atoms with Crippen molar-refractivity contribution in [1.29, 1.82) is 0 Å². The number of ether oxygens (including phenoxy) is 1. The molecule has 7 nitrogen and oxygen atoms in total. The molecule has 0 aliphatic carbocycles. The molecule has 0 unspecified atom stereocenters. The Hall–Kier alpha value is -2.87. The van der Waals surface area contributed by atoms with Gasteiger partial charge in [0, 0.05) is 6.54 Å². The van der Waals surface area contributed by atoms with Crippen LogP contribution in [0.3, 0.4) is 0 Å². The number of rotatable bonds is 6. The second-order valence-electron chi connectivity index (χ2n) is 5.04. The molecule has 2 aromatic rings. The van der Waals surface area contributed by atoms with Gasteiger partial charge in [0.05, 0.1) is 28.8 Å². The lowest BCUT2D eigenvalue weighted by Crippen LogP contribution is -2.31. The van der Waals surface area contributed by atoms with Crippen LogP contribution < -0.4 is 4.31 Å². The molecular formula is C17H17NO6S. The molecule has 8 heteroatoms. The number of hydrogen-bond donors (Lipinski definition) is 1. The summed E-state index contributed by atoms with van der Waals surface area (Å²) in [6.45, 7) is 1.80. The lowest BCUT2D eigenvalue weighted by Gasteiger charge is -2.23. The van der Waals surface area contributed by atoms with Crippen LogP contribution in [0.25, 0.3) is 0 Å². The highest BCUT2D eigenvalue weighted by Gasteiger charge is 2.24. The normalized spacial score (nSPS) is 11.0. The Morgan fingerprint density at radius 3 is 2.24 bits per heavy atom. The quantitative estimate of drug-likeness (QED) is 0.791. The van der Waals surface area contributed by atoms with E-state index in [4.69, 9.17) is 5.11 Å². The van der Waals surface area contributed by atoms with Crippen LogP contribution in [0.4, 0.5) is 5.69 Å². The first-order chi connectivity index (χ1) is 11.8. The van der Waals surface area contributed by atoms with Crippen molar-refractivity contribution in [3.8, 4) is 0 Å². The van der Waals surface area contributed by atoms with Crippen LogP contribution in [-0.4, -0.2) is 39.1 Å². The monoisotopic (exact) mass is 363 g/mol. The van der Waals surface area contributed by atoms with E-state index in [0.717, 1.165) is 10.4 Å². The summed E-state index contributed by atoms with van der Waals surface area (Å²) < 4.78 is 31.5. The van der Waals surface area contributed by atoms with E-state index in [9.17, 15) is 18.0 Å². The molecule has 0 saturated carbocycles. The lowest BCUT2D eigenvalue weighted by molar-refractivity contribution is 0.0600. The molecule has 132 valence electrons. The summed E-state index contributed by atoms with van der Waals surface area (Å²) in [6.07, 6.45) is 0.